The first kappa shape index (κ1) is 11.9. The molecule has 0 aliphatic carbocycles. The number of nitro groups is 1. The third-order valence-corrected chi connectivity index (χ3v) is 5.13. The van der Waals surface area contributed by atoms with Crippen molar-refractivity contribution in [3.8, 4) is 10.0 Å². The van der Waals surface area contributed by atoms with Crippen molar-refractivity contribution in [2.75, 3.05) is 19.0 Å². The summed E-state index contributed by atoms with van der Waals surface area (Å²) >= 11 is 0.291. The molecule has 0 saturated carbocycles. The van der Waals surface area contributed by atoms with E-state index in [2.05, 4.69) is 17.0 Å². The molecule has 1 aromatic heterocycles. The fourth-order valence-electron chi connectivity index (χ4n) is 1.47. The Morgan fingerprint density at radius 1 is 1.12 bits per heavy atom. The van der Waals surface area contributed by atoms with Crippen LogP contribution in [0.15, 0.2) is 36.4 Å². The van der Waals surface area contributed by atoms with Gasteiger partial charge in [0.15, 0.2) is 0 Å². The number of rotatable bonds is 3. The zero-order valence-corrected chi connectivity index (χ0v) is 11.3. The van der Waals surface area contributed by atoms with Crippen LogP contribution in [-0.2, 0) is 0 Å². The summed E-state index contributed by atoms with van der Waals surface area (Å²) in [5.74, 6) is 0. The van der Waals surface area contributed by atoms with Gasteiger partial charge >= 0.3 is 105 Å². The molecule has 0 aliphatic rings. The average Bonchev–Trinajstić information content (AvgIpc) is 2.78. The van der Waals surface area contributed by atoms with Gasteiger partial charge in [-0.3, -0.25) is 0 Å². The van der Waals surface area contributed by atoms with Gasteiger partial charge in [0.2, 0.25) is 0 Å². The summed E-state index contributed by atoms with van der Waals surface area (Å²) in [4.78, 5) is 12.3. The van der Waals surface area contributed by atoms with Gasteiger partial charge in [0.25, 0.3) is 0 Å². The van der Waals surface area contributed by atoms with E-state index in [1.807, 2.05) is 26.2 Å². The van der Waals surface area contributed by atoms with E-state index >= 15 is 0 Å². The van der Waals surface area contributed by atoms with E-state index in [0.29, 0.717) is 14.5 Å². The molecule has 0 saturated heterocycles. The van der Waals surface area contributed by atoms with Crippen LogP contribution in [0.1, 0.15) is 0 Å². The Morgan fingerprint density at radius 2 is 1.76 bits per heavy atom. The molecule has 0 atom stereocenters. The fourth-order valence-corrected chi connectivity index (χ4v) is 3.43. The van der Waals surface area contributed by atoms with Crippen LogP contribution in [0.5, 0.6) is 0 Å². The third-order valence-electron chi connectivity index (χ3n) is 2.40. The van der Waals surface area contributed by atoms with Gasteiger partial charge in [-0.05, 0) is 0 Å². The molecule has 88 valence electrons. The standard InChI is InChI=1S/C12H12N2O2Se/c1-13(2)12-8-7-11(17-12)9-3-5-10(6-4-9)14(15)16/h3-8H,1-2H3. The predicted octanol–water partition coefficient (Wildman–Crippen LogP) is 2.38. The minimum absolute atomic E-state index is 0.139. The first-order valence-electron chi connectivity index (χ1n) is 5.10. The van der Waals surface area contributed by atoms with Gasteiger partial charge in [-0.1, -0.05) is 0 Å². The minimum atomic E-state index is -0.374. The van der Waals surface area contributed by atoms with Crippen LogP contribution in [0.3, 0.4) is 0 Å². The summed E-state index contributed by atoms with van der Waals surface area (Å²) in [6, 6.07) is 10.9. The Labute approximate surface area is 105 Å². The molecule has 0 radical (unpaired) electrons. The molecule has 0 amide bonds. The van der Waals surface area contributed by atoms with Crippen molar-refractivity contribution in [3.63, 3.8) is 0 Å². The second kappa shape index (κ2) is 4.73. The van der Waals surface area contributed by atoms with Gasteiger partial charge < -0.3 is 0 Å². The summed E-state index contributed by atoms with van der Waals surface area (Å²) in [6.07, 6.45) is 0. The van der Waals surface area contributed by atoms with Crippen LogP contribution in [-0.4, -0.2) is 33.5 Å². The molecular weight excluding hydrogens is 283 g/mol. The SMILES string of the molecule is CN(C)c1ccc(-c2ccc([N+](=O)[O-])cc2)[se]1. The van der Waals surface area contributed by atoms with Gasteiger partial charge in [0, 0.05) is 0 Å². The Bertz CT molecular complexity index is 532. The third kappa shape index (κ3) is 2.57. The molecule has 5 heteroatoms. The molecule has 0 aliphatic heterocycles. The number of nitro benzene ring substituents is 1. The van der Waals surface area contributed by atoms with Crippen LogP contribution in [0.2, 0.25) is 0 Å². The first-order valence-corrected chi connectivity index (χ1v) is 6.81. The normalized spacial score (nSPS) is 10.2. The molecule has 4 nitrogen and oxygen atoms in total. The topological polar surface area (TPSA) is 46.4 Å². The number of nitrogens with zero attached hydrogens (tertiary/aromatic N) is 2. The Morgan fingerprint density at radius 3 is 2.24 bits per heavy atom. The molecule has 1 heterocycles. The molecule has 0 fully saturated rings. The fraction of sp³-hybridized carbons (Fsp3) is 0.167. The van der Waals surface area contributed by atoms with Gasteiger partial charge in [0.1, 0.15) is 0 Å². The van der Waals surface area contributed by atoms with Crippen molar-refractivity contribution >= 4 is 24.8 Å². The van der Waals surface area contributed by atoms with Crippen molar-refractivity contribution in [1.82, 2.24) is 0 Å². The number of benzene rings is 1. The van der Waals surface area contributed by atoms with Gasteiger partial charge in [0.05, 0.1) is 0 Å². The monoisotopic (exact) mass is 296 g/mol. The Balaban J connectivity index is 2.30. The summed E-state index contributed by atoms with van der Waals surface area (Å²) in [5, 5.41) is 10.6. The Kier molecular flexibility index (Phi) is 3.31. The molecule has 0 bridgehead atoms. The van der Waals surface area contributed by atoms with E-state index < -0.39 is 0 Å². The van der Waals surface area contributed by atoms with E-state index in [1.165, 1.54) is 9.00 Å². The maximum atomic E-state index is 10.6. The zero-order chi connectivity index (χ0) is 12.4. The van der Waals surface area contributed by atoms with Crippen molar-refractivity contribution < 1.29 is 4.92 Å². The summed E-state index contributed by atoms with van der Waals surface area (Å²) in [7, 11) is 4.06. The molecular formula is C12H12N2O2Se. The molecule has 0 N–H and O–H groups in total. The van der Waals surface area contributed by atoms with Crippen molar-refractivity contribution in [1.29, 1.82) is 0 Å². The van der Waals surface area contributed by atoms with Crippen molar-refractivity contribution in [3.05, 3.63) is 46.5 Å². The number of anilines is 1. The van der Waals surface area contributed by atoms with Gasteiger partial charge in [-0.25, -0.2) is 0 Å². The summed E-state index contributed by atoms with van der Waals surface area (Å²) < 4.78 is 2.57. The second-order valence-corrected chi connectivity index (χ2v) is 6.06. The van der Waals surface area contributed by atoms with E-state index in [4.69, 9.17) is 0 Å². The van der Waals surface area contributed by atoms with Crippen LogP contribution >= 0.6 is 0 Å². The summed E-state index contributed by atoms with van der Waals surface area (Å²) in [5.41, 5.74) is 1.21. The van der Waals surface area contributed by atoms with E-state index in [0.717, 1.165) is 5.56 Å². The van der Waals surface area contributed by atoms with Crippen molar-refractivity contribution in [2.45, 2.75) is 0 Å². The van der Waals surface area contributed by atoms with Crippen molar-refractivity contribution in [2.24, 2.45) is 0 Å². The molecule has 2 rings (SSSR count). The molecule has 0 spiro atoms. The number of hydrogen-bond donors (Lipinski definition) is 0. The quantitative estimate of drug-likeness (QED) is 0.496. The zero-order valence-electron chi connectivity index (χ0n) is 9.58. The van der Waals surface area contributed by atoms with Crippen LogP contribution in [0.4, 0.5) is 10.2 Å². The predicted molar refractivity (Wildman–Crippen MR) is 69.8 cm³/mol. The van der Waals surface area contributed by atoms with Gasteiger partial charge in [-0.15, -0.1) is 0 Å². The average molecular weight is 295 g/mol. The van der Waals surface area contributed by atoms with Gasteiger partial charge in [-0.2, -0.15) is 0 Å². The van der Waals surface area contributed by atoms with Crippen LogP contribution < -0.4 is 4.90 Å². The Hall–Kier alpha value is -1.58. The molecule has 17 heavy (non-hydrogen) atoms. The van der Waals surface area contributed by atoms with Crippen LogP contribution in [0, 0.1) is 10.1 Å². The number of non-ortho nitro benzene ring substituents is 1. The maximum absolute atomic E-state index is 10.6. The molecule has 0 unspecified atom stereocenters. The van der Waals surface area contributed by atoms with Crippen LogP contribution in [0.25, 0.3) is 10.0 Å². The molecule has 1 aromatic carbocycles. The van der Waals surface area contributed by atoms with E-state index in [-0.39, 0.29) is 10.6 Å². The number of hydrogen-bond acceptors (Lipinski definition) is 3. The second-order valence-electron chi connectivity index (χ2n) is 3.84. The van der Waals surface area contributed by atoms with E-state index in [9.17, 15) is 10.1 Å². The molecule has 2 aromatic rings. The summed E-state index contributed by atoms with van der Waals surface area (Å²) in [6.45, 7) is 0. The first-order chi connectivity index (χ1) is 8.08. The van der Waals surface area contributed by atoms with E-state index in [1.54, 1.807) is 12.1 Å².